The van der Waals surface area contributed by atoms with Crippen molar-refractivity contribution in [3.63, 3.8) is 0 Å². The molecule has 8 nitrogen and oxygen atoms in total. The lowest BCUT2D eigenvalue weighted by atomic mass is 10.0. The highest BCUT2D eigenvalue weighted by atomic mass is 16.8. The van der Waals surface area contributed by atoms with Gasteiger partial charge in [0.25, 0.3) is 4.92 Å². The highest BCUT2D eigenvalue weighted by Gasteiger charge is 2.33. The maximum Gasteiger partial charge on any atom is 0.415 e. The zero-order valence-corrected chi connectivity index (χ0v) is 17.8. The number of ether oxygens (including phenoxy) is 1. The summed E-state index contributed by atoms with van der Waals surface area (Å²) in [5.74, 6) is 0.185. The van der Waals surface area contributed by atoms with E-state index in [1.165, 1.54) is 0 Å². The fourth-order valence-corrected chi connectivity index (χ4v) is 3.30. The summed E-state index contributed by atoms with van der Waals surface area (Å²) in [5, 5.41) is 4.20. The van der Waals surface area contributed by atoms with Crippen LogP contribution >= 0.6 is 0 Å². The number of piperidine rings is 1. The molecule has 0 radical (unpaired) electrons. The predicted octanol–water partition coefficient (Wildman–Crippen LogP) is 4.52. The van der Waals surface area contributed by atoms with Crippen LogP contribution in [-0.4, -0.2) is 44.4 Å². The lowest BCUT2D eigenvalue weighted by Gasteiger charge is -2.25. The molecule has 1 aromatic heterocycles. The second kappa shape index (κ2) is 8.23. The van der Waals surface area contributed by atoms with Crippen molar-refractivity contribution in [2.24, 2.45) is 7.05 Å². The molecule has 1 saturated heterocycles. The highest BCUT2D eigenvalue weighted by Crippen LogP contribution is 2.36. The number of carbonyl (C=O) groups excluding carboxylic acids is 1. The van der Waals surface area contributed by atoms with Crippen molar-refractivity contribution in [1.29, 1.82) is 0 Å². The topological polar surface area (TPSA) is 76.7 Å². The summed E-state index contributed by atoms with van der Waals surface area (Å²) in [5.41, 5.74) is 2.01. The van der Waals surface area contributed by atoms with E-state index in [4.69, 9.17) is 9.57 Å². The molecule has 0 saturated carbocycles. The van der Waals surface area contributed by atoms with E-state index in [1.54, 1.807) is 48.7 Å². The van der Waals surface area contributed by atoms with E-state index >= 15 is 0 Å². The first kappa shape index (κ1) is 20.8. The van der Waals surface area contributed by atoms with Crippen LogP contribution in [0.25, 0.3) is 11.1 Å². The molecular formula is C21H29N4O4+. The maximum atomic E-state index is 12.8. The fraction of sp³-hybridized carbons (Fsp3) is 0.524. The minimum Gasteiger partial charge on any atom is -0.403 e. The summed E-state index contributed by atoms with van der Waals surface area (Å²) in [4.78, 5) is 33.0. The van der Waals surface area contributed by atoms with E-state index in [2.05, 4.69) is 5.10 Å². The Labute approximate surface area is 170 Å². The van der Waals surface area contributed by atoms with E-state index in [0.29, 0.717) is 18.0 Å². The molecular weight excluding hydrogens is 372 g/mol. The molecule has 0 spiro atoms. The summed E-state index contributed by atoms with van der Waals surface area (Å²) in [6.45, 7) is 8.60. The van der Waals surface area contributed by atoms with Gasteiger partial charge in [-0.2, -0.15) is 5.10 Å². The van der Waals surface area contributed by atoms with Gasteiger partial charge in [0.1, 0.15) is 0 Å². The van der Waals surface area contributed by atoms with E-state index in [9.17, 15) is 9.70 Å². The Morgan fingerprint density at radius 2 is 1.86 bits per heavy atom. The van der Waals surface area contributed by atoms with Crippen LogP contribution in [0, 0.1) is 11.8 Å². The molecule has 0 aliphatic carbocycles. The molecule has 1 aliphatic heterocycles. The van der Waals surface area contributed by atoms with Crippen LogP contribution in [-0.2, 0) is 11.9 Å². The van der Waals surface area contributed by atoms with Crippen LogP contribution in [0.5, 0.6) is 5.75 Å². The Morgan fingerprint density at radius 1 is 1.17 bits per heavy atom. The largest absolute Gasteiger partial charge is 0.415 e. The van der Waals surface area contributed by atoms with Gasteiger partial charge < -0.3 is 9.64 Å². The Kier molecular flexibility index (Phi) is 5.91. The third-order valence-corrected chi connectivity index (χ3v) is 4.69. The van der Waals surface area contributed by atoms with Crippen molar-refractivity contribution < 1.29 is 19.3 Å². The van der Waals surface area contributed by atoms with Crippen LogP contribution in [0.4, 0.5) is 10.5 Å². The first-order valence-electron chi connectivity index (χ1n) is 9.91. The number of aromatic nitrogens is 2. The van der Waals surface area contributed by atoms with Gasteiger partial charge in [-0.25, -0.2) is 9.63 Å². The number of benzene rings is 1. The molecule has 0 bridgehead atoms. The monoisotopic (exact) mass is 401 g/mol. The Bertz CT molecular complexity index is 908. The molecule has 156 valence electrons. The second-order valence-electron chi connectivity index (χ2n) is 8.41. The molecule has 1 aliphatic rings. The van der Waals surface area contributed by atoms with Crippen LogP contribution < -0.4 is 4.74 Å². The number of carbonyl (C=O) groups is 1. The van der Waals surface area contributed by atoms with Gasteiger partial charge in [-0.1, -0.05) is 0 Å². The number of hydrogen-bond acceptors (Lipinski definition) is 5. The quantitative estimate of drug-likeness (QED) is 0.704. The minimum absolute atomic E-state index is 0.148. The maximum absolute atomic E-state index is 12.8. The molecule has 29 heavy (non-hydrogen) atoms. The predicted molar refractivity (Wildman–Crippen MR) is 109 cm³/mol. The Morgan fingerprint density at radius 3 is 2.45 bits per heavy atom. The molecule has 1 fully saturated rings. The first-order valence-corrected chi connectivity index (χ1v) is 9.91. The Balaban J connectivity index is 1.97. The summed E-state index contributed by atoms with van der Waals surface area (Å²) < 4.78 is 7.34. The average Bonchev–Trinajstić information content (AvgIpc) is 3.07. The highest BCUT2D eigenvalue weighted by molar-refractivity contribution is 5.76. The molecule has 0 N–H and O–H groups in total. The summed E-state index contributed by atoms with van der Waals surface area (Å²) in [6.07, 6.45) is 6.19. The fourth-order valence-electron chi connectivity index (χ4n) is 3.30. The Hall–Kier alpha value is -2.90. The summed E-state index contributed by atoms with van der Waals surface area (Å²) in [6, 6.07) is 3.39. The van der Waals surface area contributed by atoms with Gasteiger partial charge in [0, 0.05) is 38.0 Å². The molecule has 3 rings (SSSR count). The van der Waals surface area contributed by atoms with Gasteiger partial charge >= 0.3 is 11.8 Å². The van der Waals surface area contributed by atoms with E-state index in [-0.39, 0.29) is 11.4 Å². The van der Waals surface area contributed by atoms with Gasteiger partial charge in [-0.15, -0.1) is 0 Å². The van der Waals surface area contributed by atoms with Crippen molar-refractivity contribution in [3.05, 3.63) is 35.0 Å². The summed E-state index contributed by atoms with van der Waals surface area (Å²) >= 11 is 0. The number of nitrogens with zero attached hydrogens (tertiary/aromatic N) is 4. The van der Waals surface area contributed by atoms with Gasteiger partial charge in [-0.3, -0.25) is 4.68 Å². The molecule has 0 atom stereocenters. The van der Waals surface area contributed by atoms with Crippen LogP contribution in [0.3, 0.4) is 0 Å². The number of rotatable bonds is 4. The van der Waals surface area contributed by atoms with Gasteiger partial charge in [0.2, 0.25) is 5.75 Å². The van der Waals surface area contributed by atoms with E-state index in [1.807, 2.05) is 20.2 Å². The molecule has 2 heterocycles. The number of amides is 1. The molecule has 8 heteroatoms. The number of hydrogen-bond donors (Lipinski definition) is 0. The molecule has 0 unspecified atom stereocenters. The van der Waals surface area contributed by atoms with Crippen molar-refractivity contribution in [2.45, 2.75) is 52.6 Å². The number of likely N-dealkylation sites (tertiary alicyclic amines) is 1. The van der Waals surface area contributed by atoms with Crippen LogP contribution in [0.15, 0.2) is 24.5 Å². The van der Waals surface area contributed by atoms with Crippen molar-refractivity contribution in [3.8, 4) is 16.9 Å². The standard InChI is InChI=1S/C21H29N4O4/c1-15-11-19(28-20(26)24-9-7-6-8-10-24)18(25(27)29-21(2,3)4)12-17(15)16-13-22-23(5)14-16/h11-14H,6-10H2,1-5H3/q+1. The van der Waals surface area contributed by atoms with Gasteiger partial charge in [0.15, 0.2) is 5.60 Å². The van der Waals surface area contributed by atoms with E-state index in [0.717, 1.165) is 36.0 Å². The van der Waals surface area contributed by atoms with Gasteiger partial charge in [0.05, 0.1) is 11.1 Å². The molecule has 1 amide bonds. The third-order valence-electron chi connectivity index (χ3n) is 4.69. The number of aryl methyl sites for hydroxylation is 2. The van der Waals surface area contributed by atoms with Crippen molar-refractivity contribution in [2.75, 3.05) is 13.1 Å². The molecule has 1 aromatic carbocycles. The normalized spacial score (nSPS) is 14.6. The lowest BCUT2D eigenvalue weighted by molar-refractivity contribution is -0.766. The van der Waals surface area contributed by atoms with Crippen LogP contribution in [0.2, 0.25) is 0 Å². The summed E-state index contributed by atoms with van der Waals surface area (Å²) in [7, 11) is 1.83. The third kappa shape index (κ3) is 5.13. The van der Waals surface area contributed by atoms with Crippen molar-refractivity contribution in [1.82, 2.24) is 14.7 Å². The lowest BCUT2D eigenvalue weighted by Crippen LogP contribution is -2.37. The van der Waals surface area contributed by atoms with Crippen molar-refractivity contribution >= 4 is 11.8 Å². The van der Waals surface area contributed by atoms with Gasteiger partial charge in [-0.05, 0) is 64.2 Å². The first-order chi connectivity index (χ1) is 13.6. The zero-order chi connectivity index (χ0) is 21.2. The molecule has 2 aromatic rings. The van der Waals surface area contributed by atoms with E-state index < -0.39 is 11.7 Å². The van der Waals surface area contributed by atoms with Crippen LogP contribution in [0.1, 0.15) is 45.6 Å². The second-order valence-corrected chi connectivity index (χ2v) is 8.41. The minimum atomic E-state index is -0.699. The average molecular weight is 401 g/mol. The SMILES string of the molecule is Cc1cc(OC(=O)N2CCCCC2)c([N+](=O)OC(C)(C)C)cc1-c1cnn(C)c1. The smallest absolute Gasteiger partial charge is 0.403 e. The zero-order valence-electron chi connectivity index (χ0n) is 17.8.